The van der Waals surface area contributed by atoms with Crippen molar-refractivity contribution in [1.82, 2.24) is 10.2 Å². The van der Waals surface area contributed by atoms with Gasteiger partial charge in [0.25, 0.3) is 0 Å². The normalized spacial score (nSPS) is 10.0. The molecule has 6 heteroatoms. The predicted octanol–water partition coefficient (Wildman–Crippen LogP) is 5.14. The van der Waals surface area contributed by atoms with Gasteiger partial charge in [0.1, 0.15) is 12.4 Å². The van der Waals surface area contributed by atoms with Crippen LogP contribution in [-0.4, -0.2) is 42.1 Å². The molecule has 28 heavy (non-hydrogen) atoms. The molecule has 2 aromatic rings. The first-order chi connectivity index (χ1) is 13.6. The fraction of sp³-hybridized carbons (Fsp3) is 0.409. The van der Waals surface area contributed by atoms with E-state index in [2.05, 4.69) is 36.3 Å². The van der Waals surface area contributed by atoms with Gasteiger partial charge in [-0.05, 0) is 49.5 Å². The Bertz CT molecular complexity index is 660. The molecule has 2 N–H and O–H groups in total. The van der Waals surface area contributed by atoms with Crippen molar-refractivity contribution in [3.63, 3.8) is 0 Å². The Balaban J connectivity index is 0.000000480. The van der Waals surface area contributed by atoms with Gasteiger partial charge in [-0.1, -0.05) is 57.2 Å². The number of rotatable bonds is 9. The highest BCUT2D eigenvalue weighted by Crippen LogP contribution is 2.18. The Morgan fingerprint density at radius 2 is 1.68 bits per heavy atom. The van der Waals surface area contributed by atoms with E-state index in [1.54, 1.807) is 0 Å². The van der Waals surface area contributed by atoms with E-state index in [1.165, 1.54) is 19.6 Å². The van der Waals surface area contributed by atoms with Crippen LogP contribution in [0.3, 0.4) is 0 Å². The molecule has 0 aliphatic heterocycles. The number of benzene rings is 2. The fourth-order valence-corrected chi connectivity index (χ4v) is 2.73. The molecular weight excluding hydrogens is 390 g/mol. The predicted molar refractivity (Wildman–Crippen MR) is 126 cm³/mol. The number of thiocarbonyl (C=S) groups is 1. The summed E-state index contributed by atoms with van der Waals surface area (Å²) in [5.41, 5.74) is 2.02. The molecule has 0 bridgehead atoms. The highest BCUT2D eigenvalue weighted by atomic mass is 35.5. The molecular formula is C22H32ClN3OS. The third-order valence-electron chi connectivity index (χ3n) is 4.06. The maximum Gasteiger partial charge on any atom is 0.170 e. The number of anilines is 1. The topological polar surface area (TPSA) is 36.5 Å². The van der Waals surface area contributed by atoms with E-state index in [0.717, 1.165) is 17.0 Å². The van der Waals surface area contributed by atoms with Gasteiger partial charge in [0.05, 0.1) is 0 Å². The number of alkyl halides is 1. The van der Waals surface area contributed by atoms with Gasteiger partial charge in [0.2, 0.25) is 0 Å². The average Bonchev–Trinajstić information content (AvgIpc) is 2.73. The molecule has 0 atom stereocenters. The molecule has 0 unspecified atom stereocenters. The molecule has 0 aliphatic rings. The third-order valence-corrected chi connectivity index (χ3v) is 4.50. The van der Waals surface area contributed by atoms with Crippen LogP contribution in [0, 0.1) is 0 Å². The van der Waals surface area contributed by atoms with Gasteiger partial charge >= 0.3 is 0 Å². The van der Waals surface area contributed by atoms with Gasteiger partial charge in [0, 0.05) is 24.2 Å². The average molecular weight is 422 g/mol. The Hall–Kier alpha value is -1.82. The first-order valence-electron chi connectivity index (χ1n) is 9.72. The van der Waals surface area contributed by atoms with Gasteiger partial charge in [-0.2, -0.15) is 0 Å². The quantitative estimate of drug-likeness (QED) is 0.433. The molecule has 0 saturated heterocycles. The zero-order valence-corrected chi connectivity index (χ0v) is 18.7. The molecule has 0 aliphatic carbocycles. The molecule has 0 heterocycles. The highest BCUT2D eigenvalue weighted by molar-refractivity contribution is 7.80. The summed E-state index contributed by atoms with van der Waals surface area (Å²) >= 11 is 10.8. The molecule has 0 amide bonds. The summed E-state index contributed by atoms with van der Waals surface area (Å²) in [4.78, 5) is 2.38. The molecule has 0 fully saturated rings. The van der Waals surface area contributed by atoms with Gasteiger partial charge in [-0.3, -0.25) is 0 Å². The van der Waals surface area contributed by atoms with Crippen LogP contribution in [0.4, 0.5) is 5.69 Å². The minimum Gasteiger partial charge on any atom is -0.489 e. The van der Waals surface area contributed by atoms with Crippen molar-refractivity contribution in [2.45, 2.75) is 27.4 Å². The number of halogens is 1. The number of ether oxygens (including phenoxy) is 1. The summed E-state index contributed by atoms with van der Waals surface area (Å²) in [6.07, 6.45) is 0. The maximum absolute atomic E-state index is 5.77. The summed E-state index contributed by atoms with van der Waals surface area (Å²) < 4.78 is 5.77. The van der Waals surface area contributed by atoms with Gasteiger partial charge in [-0.15, -0.1) is 11.6 Å². The molecule has 0 aromatic heterocycles. The lowest BCUT2D eigenvalue weighted by atomic mass is 10.2. The van der Waals surface area contributed by atoms with Crippen LogP contribution in [-0.2, 0) is 6.61 Å². The minimum atomic E-state index is 0.516. The Morgan fingerprint density at radius 1 is 1.00 bits per heavy atom. The van der Waals surface area contributed by atoms with Gasteiger partial charge in [0.15, 0.2) is 5.11 Å². The number of hydrogen-bond acceptors (Lipinski definition) is 3. The summed E-state index contributed by atoms with van der Waals surface area (Å²) in [6.45, 7) is 11.3. The van der Waals surface area contributed by atoms with E-state index in [0.29, 0.717) is 24.1 Å². The zero-order chi connectivity index (χ0) is 20.6. The van der Waals surface area contributed by atoms with E-state index in [-0.39, 0.29) is 0 Å². The van der Waals surface area contributed by atoms with Crippen molar-refractivity contribution in [3.05, 3.63) is 60.2 Å². The lowest BCUT2D eigenvalue weighted by Gasteiger charge is -2.13. The molecule has 2 rings (SSSR count). The van der Waals surface area contributed by atoms with Crippen LogP contribution in [0.1, 0.15) is 26.3 Å². The van der Waals surface area contributed by atoms with E-state index in [9.17, 15) is 0 Å². The van der Waals surface area contributed by atoms with Crippen LogP contribution in [0.25, 0.3) is 0 Å². The summed E-state index contributed by atoms with van der Waals surface area (Å²) in [5.74, 6) is 1.31. The Labute approximate surface area is 180 Å². The van der Waals surface area contributed by atoms with Crippen molar-refractivity contribution in [2.24, 2.45) is 0 Å². The lowest BCUT2D eigenvalue weighted by Crippen LogP contribution is -2.29. The van der Waals surface area contributed by atoms with Crippen molar-refractivity contribution in [1.29, 1.82) is 0 Å². The lowest BCUT2D eigenvalue weighted by molar-refractivity contribution is 0.306. The van der Waals surface area contributed by atoms with Crippen LogP contribution in [0.5, 0.6) is 5.75 Å². The second-order valence-corrected chi connectivity index (χ2v) is 6.78. The van der Waals surface area contributed by atoms with Gasteiger partial charge in [-0.25, -0.2) is 0 Å². The van der Waals surface area contributed by atoms with Crippen LogP contribution in [0.2, 0.25) is 0 Å². The number of nitrogens with one attached hydrogen (secondary N) is 2. The standard InChI is InChI=1S/C16H17ClN2OS.C6H15N/c17-9-10-18-16(21)19-14-7-4-8-15(11-14)20-12-13-5-2-1-3-6-13;1-4-7(5-2)6-3/h1-8,11H,9-10,12H2,(H2,18,19,21);4-6H2,1-3H3. The summed E-state index contributed by atoms with van der Waals surface area (Å²) in [5, 5.41) is 6.65. The minimum absolute atomic E-state index is 0.516. The zero-order valence-electron chi connectivity index (χ0n) is 17.1. The van der Waals surface area contributed by atoms with E-state index in [1.807, 2.05) is 54.6 Å². The molecule has 4 nitrogen and oxygen atoms in total. The number of hydrogen-bond donors (Lipinski definition) is 2. The van der Waals surface area contributed by atoms with E-state index in [4.69, 9.17) is 28.6 Å². The Kier molecular flexibility index (Phi) is 13.1. The van der Waals surface area contributed by atoms with Gasteiger partial charge < -0.3 is 20.3 Å². The second kappa shape index (κ2) is 15.1. The van der Waals surface area contributed by atoms with Crippen molar-refractivity contribution >= 4 is 34.6 Å². The summed E-state index contributed by atoms with van der Waals surface area (Å²) in [7, 11) is 0. The first-order valence-corrected chi connectivity index (χ1v) is 10.7. The number of nitrogens with zero attached hydrogens (tertiary/aromatic N) is 1. The molecule has 0 saturated carbocycles. The van der Waals surface area contributed by atoms with Crippen molar-refractivity contribution < 1.29 is 4.74 Å². The fourth-order valence-electron chi connectivity index (χ4n) is 2.41. The molecule has 154 valence electrons. The molecule has 2 aromatic carbocycles. The molecule has 0 radical (unpaired) electrons. The van der Waals surface area contributed by atoms with Crippen LogP contribution in [0.15, 0.2) is 54.6 Å². The van der Waals surface area contributed by atoms with Crippen LogP contribution >= 0.6 is 23.8 Å². The van der Waals surface area contributed by atoms with Crippen LogP contribution < -0.4 is 15.4 Å². The van der Waals surface area contributed by atoms with Crippen molar-refractivity contribution in [3.8, 4) is 5.75 Å². The van der Waals surface area contributed by atoms with E-state index < -0.39 is 0 Å². The third kappa shape index (κ3) is 10.5. The Morgan fingerprint density at radius 3 is 2.25 bits per heavy atom. The molecule has 0 spiro atoms. The highest BCUT2D eigenvalue weighted by Gasteiger charge is 2.00. The first kappa shape index (κ1) is 24.2. The summed E-state index contributed by atoms with van der Waals surface area (Å²) in [6, 6.07) is 17.7. The van der Waals surface area contributed by atoms with E-state index >= 15 is 0 Å². The maximum atomic E-state index is 5.77. The SMILES string of the molecule is CCN(CC)CC.S=C(NCCCl)Nc1cccc(OCc2ccccc2)c1. The second-order valence-electron chi connectivity index (χ2n) is 5.99. The smallest absolute Gasteiger partial charge is 0.170 e. The largest absolute Gasteiger partial charge is 0.489 e. The van der Waals surface area contributed by atoms with Crippen molar-refractivity contribution in [2.75, 3.05) is 37.4 Å². The monoisotopic (exact) mass is 421 g/mol.